The minimum Gasteiger partial charge on any atom is -0.355 e. The van der Waals surface area contributed by atoms with Crippen LogP contribution in [0.15, 0.2) is 54.6 Å². The van der Waals surface area contributed by atoms with E-state index in [0.29, 0.717) is 13.0 Å². The van der Waals surface area contributed by atoms with E-state index in [0.717, 1.165) is 18.4 Å². The molecular formula is C18H21NO. The Morgan fingerprint density at radius 1 is 0.950 bits per heavy atom. The van der Waals surface area contributed by atoms with Crippen LogP contribution in [0.4, 0.5) is 0 Å². The summed E-state index contributed by atoms with van der Waals surface area (Å²) in [4.78, 5) is 11.8. The second kappa shape index (κ2) is 7.49. The molecule has 20 heavy (non-hydrogen) atoms. The van der Waals surface area contributed by atoms with Crippen LogP contribution in [0.3, 0.4) is 0 Å². The number of aryl methyl sites for hydroxylation is 1. The Bertz CT molecular complexity index is 548. The van der Waals surface area contributed by atoms with E-state index in [1.807, 2.05) is 30.3 Å². The molecular weight excluding hydrogens is 246 g/mol. The molecule has 0 heterocycles. The topological polar surface area (TPSA) is 29.1 Å². The number of rotatable bonds is 6. The van der Waals surface area contributed by atoms with Gasteiger partial charge < -0.3 is 5.32 Å². The van der Waals surface area contributed by atoms with Crippen molar-refractivity contribution in [3.8, 4) is 0 Å². The van der Waals surface area contributed by atoms with Crippen molar-refractivity contribution in [2.75, 3.05) is 6.54 Å². The van der Waals surface area contributed by atoms with E-state index < -0.39 is 0 Å². The predicted octanol–water partition coefficient (Wildman–Crippen LogP) is 3.15. The van der Waals surface area contributed by atoms with Crippen molar-refractivity contribution in [3.05, 3.63) is 71.3 Å². The Balaban J connectivity index is 1.76. The molecule has 2 rings (SSSR count). The number of amides is 1. The molecule has 0 aliphatic carbocycles. The zero-order valence-electron chi connectivity index (χ0n) is 11.9. The molecule has 0 aliphatic heterocycles. The molecule has 0 bridgehead atoms. The highest BCUT2D eigenvalue weighted by Crippen LogP contribution is 2.06. The maximum absolute atomic E-state index is 11.8. The summed E-state index contributed by atoms with van der Waals surface area (Å²) in [5.74, 6) is 0.0860. The van der Waals surface area contributed by atoms with Crippen molar-refractivity contribution < 1.29 is 4.79 Å². The number of nitrogens with one attached hydrogen (secondary N) is 1. The summed E-state index contributed by atoms with van der Waals surface area (Å²) in [6.07, 6.45) is 2.39. The molecule has 2 aromatic rings. The number of hydrogen-bond donors (Lipinski definition) is 1. The van der Waals surface area contributed by atoms with Gasteiger partial charge in [0.05, 0.1) is 6.42 Å². The van der Waals surface area contributed by atoms with Crippen LogP contribution in [0.2, 0.25) is 0 Å². The highest BCUT2D eigenvalue weighted by Gasteiger charge is 2.02. The van der Waals surface area contributed by atoms with Crippen molar-refractivity contribution in [3.63, 3.8) is 0 Å². The van der Waals surface area contributed by atoms with Crippen LogP contribution >= 0.6 is 0 Å². The summed E-state index contributed by atoms with van der Waals surface area (Å²) in [5.41, 5.74) is 3.68. The van der Waals surface area contributed by atoms with Crippen LogP contribution in [-0.4, -0.2) is 12.5 Å². The third-order valence-corrected chi connectivity index (χ3v) is 3.34. The van der Waals surface area contributed by atoms with Gasteiger partial charge in [0.25, 0.3) is 0 Å². The third-order valence-electron chi connectivity index (χ3n) is 3.34. The van der Waals surface area contributed by atoms with Crippen molar-refractivity contribution in [2.45, 2.75) is 26.2 Å². The smallest absolute Gasteiger partial charge is 0.224 e. The molecule has 0 fully saturated rings. The molecule has 2 nitrogen and oxygen atoms in total. The van der Waals surface area contributed by atoms with Gasteiger partial charge in [0.2, 0.25) is 5.91 Å². The highest BCUT2D eigenvalue weighted by molar-refractivity contribution is 5.78. The standard InChI is InChI=1S/C18H21NO/c1-2-15-9-6-10-17(13-15)11-12-19-18(20)14-16-7-4-3-5-8-16/h3-10,13H,2,11-12,14H2,1H3,(H,19,20). The SMILES string of the molecule is CCc1cccc(CCNC(=O)Cc2ccccc2)c1. The van der Waals surface area contributed by atoms with Crippen molar-refractivity contribution >= 4 is 5.91 Å². The van der Waals surface area contributed by atoms with Gasteiger partial charge in [-0.25, -0.2) is 0 Å². The van der Waals surface area contributed by atoms with Gasteiger partial charge in [0.15, 0.2) is 0 Å². The predicted molar refractivity (Wildman–Crippen MR) is 82.7 cm³/mol. The average Bonchev–Trinajstić information content (AvgIpc) is 2.48. The van der Waals surface area contributed by atoms with Crippen molar-refractivity contribution in [1.82, 2.24) is 5.32 Å². The fourth-order valence-electron chi connectivity index (χ4n) is 2.20. The Labute approximate surface area is 120 Å². The molecule has 0 atom stereocenters. The lowest BCUT2D eigenvalue weighted by molar-refractivity contribution is -0.120. The summed E-state index contributed by atoms with van der Waals surface area (Å²) in [6, 6.07) is 18.4. The van der Waals surface area contributed by atoms with Crippen LogP contribution < -0.4 is 5.32 Å². The normalized spacial score (nSPS) is 10.2. The molecule has 0 aromatic heterocycles. The van der Waals surface area contributed by atoms with Crippen molar-refractivity contribution in [2.24, 2.45) is 0 Å². The van der Waals surface area contributed by atoms with E-state index in [2.05, 4.69) is 36.5 Å². The lowest BCUT2D eigenvalue weighted by atomic mass is 10.1. The molecule has 0 spiro atoms. The molecule has 0 saturated carbocycles. The molecule has 1 amide bonds. The van der Waals surface area contributed by atoms with Crippen LogP contribution in [0.5, 0.6) is 0 Å². The second-order valence-corrected chi connectivity index (χ2v) is 4.94. The van der Waals surface area contributed by atoms with E-state index in [9.17, 15) is 4.79 Å². The lowest BCUT2D eigenvalue weighted by Gasteiger charge is -2.06. The number of carbonyl (C=O) groups excluding carboxylic acids is 1. The molecule has 0 saturated heterocycles. The first-order valence-electron chi connectivity index (χ1n) is 7.16. The fraction of sp³-hybridized carbons (Fsp3) is 0.278. The minimum absolute atomic E-state index is 0.0860. The molecule has 0 aliphatic rings. The van der Waals surface area contributed by atoms with Gasteiger partial charge in [0, 0.05) is 6.54 Å². The van der Waals surface area contributed by atoms with E-state index in [1.54, 1.807) is 0 Å². The Morgan fingerprint density at radius 2 is 1.65 bits per heavy atom. The minimum atomic E-state index is 0.0860. The quantitative estimate of drug-likeness (QED) is 0.856. The Hall–Kier alpha value is -2.09. The first-order chi connectivity index (χ1) is 9.78. The zero-order valence-corrected chi connectivity index (χ0v) is 11.9. The summed E-state index contributed by atoms with van der Waals surface area (Å²) in [6.45, 7) is 2.85. The summed E-state index contributed by atoms with van der Waals surface area (Å²) in [5, 5.41) is 2.98. The summed E-state index contributed by atoms with van der Waals surface area (Å²) < 4.78 is 0. The Kier molecular flexibility index (Phi) is 5.36. The summed E-state index contributed by atoms with van der Waals surface area (Å²) >= 11 is 0. The van der Waals surface area contributed by atoms with Gasteiger partial charge in [0.1, 0.15) is 0 Å². The zero-order chi connectivity index (χ0) is 14.2. The van der Waals surface area contributed by atoms with E-state index in [-0.39, 0.29) is 5.91 Å². The van der Waals surface area contributed by atoms with Gasteiger partial charge in [-0.2, -0.15) is 0 Å². The van der Waals surface area contributed by atoms with Gasteiger partial charge in [-0.3, -0.25) is 4.79 Å². The maximum atomic E-state index is 11.8. The molecule has 0 unspecified atom stereocenters. The van der Waals surface area contributed by atoms with E-state index >= 15 is 0 Å². The largest absolute Gasteiger partial charge is 0.355 e. The fourth-order valence-corrected chi connectivity index (χ4v) is 2.20. The van der Waals surface area contributed by atoms with Gasteiger partial charge in [-0.15, -0.1) is 0 Å². The molecule has 2 heteroatoms. The molecule has 1 N–H and O–H groups in total. The first kappa shape index (κ1) is 14.3. The Morgan fingerprint density at radius 3 is 2.40 bits per heavy atom. The van der Waals surface area contributed by atoms with Crippen molar-refractivity contribution in [1.29, 1.82) is 0 Å². The summed E-state index contributed by atoms with van der Waals surface area (Å²) in [7, 11) is 0. The lowest BCUT2D eigenvalue weighted by Crippen LogP contribution is -2.27. The van der Waals surface area contributed by atoms with Gasteiger partial charge in [-0.05, 0) is 29.5 Å². The highest BCUT2D eigenvalue weighted by atomic mass is 16.1. The van der Waals surface area contributed by atoms with Crippen LogP contribution in [0.25, 0.3) is 0 Å². The maximum Gasteiger partial charge on any atom is 0.224 e. The average molecular weight is 267 g/mol. The number of hydrogen-bond acceptors (Lipinski definition) is 1. The van der Waals surface area contributed by atoms with Crippen LogP contribution in [0.1, 0.15) is 23.6 Å². The second-order valence-electron chi connectivity index (χ2n) is 4.94. The van der Waals surface area contributed by atoms with E-state index in [4.69, 9.17) is 0 Å². The van der Waals surface area contributed by atoms with Crippen LogP contribution in [-0.2, 0) is 24.1 Å². The molecule has 2 aromatic carbocycles. The van der Waals surface area contributed by atoms with Gasteiger partial charge >= 0.3 is 0 Å². The molecule has 0 radical (unpaired) electrons. The number of carbonyl (C=O) groups is 1. The monoisotopic (exact) mass is 267 g/mol. The number of benzene rings is 2. The van der Waals surface area contributed by atoms with Gasteiger partial charge in [-0.1, -0.05) is 61.5 Å². The van der Waals surface area contributed by atoms with E-state index in [1.165, 1.54) is 11.1 Å². The molecule has 104 valence electrons. The first-order valence-corrected chi connectivity index (χ1v) is 7.16. The van der Waals surface area contributed by atoms with Crippen LogP contribution in [0, 0.1) is 0 Å². The third kappa shape index (κ3) is 4.54.